The van der Waals surface area contributed by atoms with Gasteiger partial charge in [0, 0.05) is 19.3 Å². The fourth-order valence-electron chi connectivity index (χ4n) is 11.7. The molecule has 1 atom stereocenters. The molecule has 0 aromatic rings. The largest absolute Gasteiger partial charge is 0.462 e. The van der Waals surface area contributed by atoms with Crippen LogP contribution in [0.25, 0.3) is 0 Å². The molecule has 0 aromatic carbocycles. The lowest BCUT2D eigenvalue weighted by atomic mass is 10.0. The smallest absolute Gasteiger partial charge is 0.306 e. The predicted molar refractivity (Wildman–Crippen MR) is 353 cm³/mol. The molecule has 6 heteroatoms. The highest BCUT2D eigenvalue weighted by Crippen LogP contribution is 2.19. The standard InChI is InChI=1S/C75H144O6/c1-4-7-10-13-16-19-22-25-28-30-32-33-34-35-36-37-38-39-40-41-42-43-44-46-47-50-53-56-59-62-65-68-74(77)80-71-72(70-79-73(76)67-64-61-58-55-52-49-27-24-21-18-15-12-9-6-3)81-75(78)69-66-63-60-57-54-51-48-45-31-29-26-23-20-17-14-11-8-5-2/h30,32,72H,4-29,31,33-71H2,1-3H3/b32-30-. The van der Waals surface area contributed by atoms with Crippen molar-refractivity contribution in [2.75, 3.05) is 13.2 Å². The lowest BCUT2D eigenvalue weighted by molar-refractivity contribution is -0.167. The van der Waals surface area contributed by atoms with Crippen LogP contribution in [0.5, 0.6) is 0 Å². The van der Waals surface area contributed by atoms with Crippen LogP contribution in [0.1, 0.15) is 432 Å². The van der Waals surface area contributed by atoms with Crippen LogP contribution in [0.4, 0.5) is 0 Å². The van der Waals surface area contributed by atoms with Gasteiger partial charge in [-0.1, -0.05) is 380 Å². The van der Waals surface area contributed by atoms with Gasteiger partial charge in [0.05, 0.1) is 0 Å². The number of ether oxygens (including phenoxy) is 3. The number of rotatable bonds is 70. The average Bonchev–Trinajstić information content (AvgIpc) is 3.47. The highest BCUT2D eigenvalue weighted by atomic mass is 16.6. The van der Waals surface area contributed by atoms with Gasteiger partial charge in [0.15, 0.2) is 6.10 Å². The van der Waals surface area contributed by atoms with Gasteiger partial charge in [-0.25, -0.2) is 0 Å². The maximum Gasteiger partial charge on any atom is 0.306 e. The summed E-state index contributed by atoms with van der Waals surface area (Å²) in [6.07, 6.45) is 85.5. The van der Waals surface area contributed by atoms with E-state index in [1.54, 1.807) is 0 Å². The zero-order valence-corrected chi connectivity index (χ0v) is 55.4. The Morgan fingerprint density at radius 1 is 0.235 bits per heavy atom. The SMILES string of the molecule is CCCCCCCCCC/C=C\CCCCCCCCCCCCCCCCCCCCCC(=O)OCC(COC(=O)CCCCCCCCCCCCCCCC)OC(=O)CCCCCCCCCCCCCCCCCCCC. The van der Waals surface area contributed by atoms with E-state index in [2.05, 4.69) is 32.9 Å². The van der Waals surface area contributed by atoms with Gasteiger partial charge in [0.25, 0.3) is 0 Å². The van der Waals surface area contributed by atoms with Crippen molar-refractivity contribution in [2.45, 2.75) is 438 Å². The molecule has 480 valence electrons. The molecular weight excluding hydrogens is 997 g/mol. The Labute approximate surface area is 507 Å². The summed E-state index contributed by atoms with van der Waals surface area (Å²) in [6, 6.07) is 0. The van der Waals surface area contributed by atoms with E-state index in [0.717, 1.165) is 57.8 Å². The minimum absolute atomic E-state index is 0.0616. The molecule has 6 nitrogen and oxygen atoms in total. The average molecular weight is 1140 g/mol. The molecule has 0 aliphatic heterocycles. The van der Waals surface area contributed by atoms with Gasteiger partial charge in [0.2, 0.25) is 0 Å². The van der Waals surface area contributed by atoms with Crippen molar-refractivity contribution >= 4 is 17.9 Å². The van der Waals surface area contributed by atoms with Crippen LogP contribution >= 0.6 is 0 Å². The maximum atomic E-state index is 12.9. The number of carbonyl (C=O) groups is 3. The fourth-order valence-corrected chi connectivity index (χ4v) is 11.7. The van der Waals surface area contributed by atoms with E-state index in [9.17, 15) is 14.4 Å². The predicted octanol–water partition coefficient (Wildman–Crippen LogP) is 25.6. The third-order valence-corrected chi connectivity index (χ3v) is 17.3. The first kappa shape index (κ1) is 79.2. The Hall–Kier alpha value is -1.85. The molecule has 0 aromatic heterocycles. The number of carbonyl (C=O) groups excluding carboxylic acids is 3. The molecular formula is C75H144O6. The van der Waals surface area contributed by atoms with Crippen LogP contribution < -0.4 is 0 Å². The van der Waals surface area contributed by atoms with Crippen molar-refractivity contribution < 1.29 is 28.6 Å². The Bertz CT molecular complexity index is 1260. The first-order chi connectivity index (χ1) is 40.0. The summed E-state index contributed by atoms with van der Waals surface area (Å²) in [5.41, 5.74) is 0. The third kappa shape index (κ3) is 68.8. The highest BCUT2D eigenvalue weighted by molar-refractivity contribution is 5.71. The lowest BCUT2D eigenvalue weighted by Gasteiger charge is -2.18. The fraction of sp³-hybridized carbons (Fsp3) is 0.933. The molecule has 1 unspecified atom stereocenters. The zero-order chi connectivity index (χ0) is 58.5. The van der Waals surface area contributed by atoms with Crippen LogP contribution in [-0.4, -0.2) is 37.2 Å². The molecule has 0 heterocycles. The second-order valence-electron chi connectivity index (χ2n) is 25.6. The summed E-state index contributed by atoms with van der Waals surface area (Å²) in [7, 11) is 0. The molecule has 0 radical (unpaired) electrons. The molecule has 0 bridgehead atoms. The number of hydrogen-bond donors (Lipinski definition) is 0. The van der Waals surface area contributed by atoms with E-state index in [1.165, 1.54) is 334 Å². The summed E-state index contributed by atoms with van der Waals surface area (Å²) in [5.74, 6) is -0.822. The maximum absolute atomic E-state index is 12.9. The number of hydrogen-bond acceptors (Lipinski definition) is 6. The van der Waals surface area contributed by atoms with Gasteiger partial charge < -0.3 is 14.2 Å². The van der Waals surface area contributed by atoms with Crippen LogP contribution in [0, 0.1) is 0 Å². The van der Waals surface area contributed by atoms with Crippen molar-refractivity contribution in [1.82, 2.24) is 0 Å². The Kier molecular flexibility index (Phi) is 69.0. The Balaban J connectivity index is 4.13. The molecule has 81 heavy (non-hydrogen) atoms. The molecule has 0 saturated heterocycles. The van der Waals surface area contributed by atoms with Crippen molar-refractivity contribution in [3.05, 3.63) is 12.2 Å². The van der Waals surface area contributed by atoms with Gasteiger partial charge in [-0.3, -0.25) is 14.4 Å². The normalized spacial score (nSPS) is 12.0. The first-order valence-electron chi connectivity index (χ1n) is 37.2. The molecule has 0 fully saturated rings. The summed E-state index contributed by atoms with van der Waals surface area (Å²) >= 11 is 0. The van der Waals surface area contributed by atoms with Crippen molar-refractivity contribution in [1.29, 1.82) is 0 Å². The Morgan fingerprint density at radius 3 is 0.617 bits per heavy atom. The quantitative estimate of drug-likeness (QED) is 0.0261. The first-order valence-corrected chi connectivity index (χ1v) is 37.2. The second-order valence-corrected chi connectivity index (χ2v) is 25.6. The van der Waals surface area contributed by atoms with Gasteiger partial charge in [-0.15, -0.1) is 0 Å². The molecule has 0 amide bonds. The van der Waals surface area contributed by atoms with Crippen molar-refractivity contribution in [3.8, 4) is 0 Å². The topological polar surface area (TPSA) is 78.9 Å². The van der Waals surface area contributed by atoms with E-state index in [1.807, 2.05) is 0 Å². The van der Waals surface area contributed by atoms with E-state index in [4.69, 9.17) is 14.2 Å². The molecule has 0 saturated carbocycles. The molecule has 0 spiro atoms. The van der Waals surface area contributed by atoms with Crippen molar-refractivity contribution in [3.63, 3.8) is 0 Å². The summed E-state index contributed by atoms with van der Waals surface area (Å²) < 4.78 is 17.0. The van der Waals surface area contributed by atoms with E-state index in [0.29, 0.717) is 19.3 Å². The summed E-state index contributed by atoms with van der Waals surface area (Å²) in [5, 5.41) is 0. The number of esters is 3. The summed E-state index contributed by atoms with van der Waals surface area (Å²) in [4.78, 5) is 38.4. The van der Waals surface area contributed by atoms with Crippen molar-refractivity contribution in [2.24, 2.45) is 0 Å². The lowest BCUT2D eigenvalue weighted by Crippen LogP contribution is -2.30. The summed E-state index contributed by atoms with van der Waals surface area (Å²) in [6.45, 7) is 6.74. The highest BCUT2D eigenvalue weighted by Gasteiger charge is 2.20. The van der Waals surface area contributed by atoms with E-state index < -0.39 is 6.10 Å². The van der Waals surface area contributed by atoms with Crippen LogP contribution in [0.3, 0.4) is 0 Å². The Morgan fingerprint density at radius 2 is 0.407 bits per heavy atom. The van der Waals surface area contributed by atoms with Crippen LogP contribution in [-0.2, 0) is 28.6 Å². The minimum Gasteiger partial charge on any atom is -0.462 e. The molecule has 0 rings (SSSR count). The van der Waals surface area contributed by atoms with Gasteiger partial charge in [-0.05, 0) is 44.9 Å². The van der Waals surface area contributed by atoms with Crippen LogP contribution in [0.2, 0.25) is 0 Å². The van der Waals surface area contributed by atoms with Gasteiger partial charge in [-0.2, -0.15) is 0 Å². The van der Waals surface area contributed by atoms with Gasteiger partial charge in [0.1, 0.15) is 13.2 Å². The second kappa shape index (κ2) is 70.6. The molecule has 0 aliphatic rings. The van der Waals surface area contributed by atoms with Gasteiger partial charge >= 0.3 is 17.9 Å². The van der Waals surface area contributed by atoms with E-state index in [-0.39, 0.29) is 31.1 Å². The molecule has 0 N–H and O–H groups in total. The number of allylic oxidation sites excluding steroid dienone is 2. The van der Waals surface area contributed by atoms with E-state index >= 15 is 0 Å². The molecule has 0 aliphatic carbocycles. The monoisotopic (exact) mass is 1140 g/mol. The number of unbranched alkanes of at least 4 members (excludes halogenated alkanes) is 57. The zero-order valence-electron chi connectivity index (χ0n) is 55.4. The minimum atomic E-state index is -0.765. The van der Waals surface area contributed by atoms with Crippen LogP contribution in [0.15, 0.2) is 12.2 Å². The third-order valence-electron chi connectivity index (χ3n) is 17.3.